The molecule has 0 radical (unpaired) electrons. The van der Waals surface area contributed by atoms with Gasteiger partial charge in [0.05, 0.1) is 17.1 Å². The highest BCUT2D eigenvalue weighted by molar-refractivity contribution is 6.35. The van der Waals surface area contributed by atoms with E-state index in [9.17, 15) is 14.9 Å². The van der Waals surface area contributed by atoms with Gasteiger partial charge in [-0.25, -0.2) is 0 Å². The van der Waals surface area contributed by atoms with Crippen molar-refractivity contribution in [3.05, 3.63) is 38.9 Å². The second-order valence-corrected chi connectivity index (χ2v) is 5.08. The zero-order valence-electron chi connectivity index (χ0n) is 10.8. The van der Waals surface area contributed by atoms with E-state index in [1.165, 1.54) is 18.2 Å². The summed E-state index contributed by atoms with van der Waals surface area (Å²) < 4.78 is 0. The molecular formula is C13H15ClN2O4. The summed E-state index contributed by atoms with van der Waals surface area (Å²) in [6.45, 7) is 0.0668. The molecule has 1 aliphatic rings. The van der Waals surface area contributed by atoms with Crippen LogP contribution >= 0.6 is 11.6 Å². The number of halogens is 1. The standard InChI is InChI=1S/C13H15ClN2O4/c14-12-10(5-2-6-11(12)16(19)20)13(18)15(7-8-17)9-3-1-4-9/h2,5-6,9,17H,1,3-4,7-8H2. The first-order valence-corrected chi connectivity index (χ1v) is 6.78. The fourth-order valence-electron chi connectivity index (χ4n) is 2.24. The molecular weight excluding hydrogens is 284 g/mol. The molecule has 0 saturated heterocycles. The molecule has 0 atom stereocenters. The minimum absolute atomic E-state index is 0.0879. The van der Waals surface area contributed by atoms with Crippen LogP contribution in [0.4, 0.5) is 5.69 Å². The van der Waals surface area contributed by atoms with Crippen LogP contribution in [0.1, 0.15) is 29.6 Å². The van der Waals surface area contributed by atoms with Crippen molar-refractivity contribution in [1.29, 1.82) is 0 Å². The molecule has 1 amide bonds. The second-order valence-electron chi connectivity index (χ2n) is 4.70. The Kier molecular flexibility index (Phi) is 4.57. The number of nitro benzene ring substituents is 1. The predicted octanol–water partition coefficient (Wildman–Crippen LogP) is 2.24. The van der Waals surface area contributed by atoms with Crippen LogP contribution in [-0.4, -0.2) is 40.0 Å². The molecule has 0 bridgehead atoms. The molecule has 1 aliphatic carbocycles. The highest BCUT2D eigenvalue weighted by Gasteiger charge is 2.31. The molecule has 1 aromatic rings. The van der Waals surface area contributed by atoms with Gasteiger partial charge in [0, 0.05) is 18.7 Å². The van der Waals surface area contributed by atoms with E-state index < -0.39 is 4.92 Å². The molecule has 1 saturated carbocycles. The van der Waals surface area contributed by atoms with Gasteiger partial charge in [0.1, 0.15) is 5.02 Å². The van der Waals surface area contributed by atoms with Crippen LogP contribution < -0.4 is 0 Å². The monoisotopic (exact) mass is 298 g/mol. The van der Waals surface area contributed by atoms with E-state index in [-0.39, 0.29) is 41.4 Å². The first kappa shape index (κ1) is 14.7. The number of carbonyl (C=O) groups excluding carboxylic acids is 1. The summed E-state index contributed by atoms with van der Waals surface area (Å²) in [6.07, 6.45) is 2.82. The maximum absolute atomic E-state index is 12.5. The summed E-state index contributed by atoms with van der Waals surface area (Å²) in [4.78, 5) is 24.3. The van der Waals surface area contributed by atoms with Crippen molar-refractivity contribution >= 4 is 23.2 Å². The topological polar surface area (TPSA) is 83.7 Å². The molecule has 0 aliphatic heterocycles. The minimum Gasteiger partial charge on any atom is -0.395 e. The molecule has 2 rings (SSSR count). The summed E-state index contributed by atoms with van der Waals surface area (Å²) in [5, 5.41) is 19.8. The molecule has 0 unspecified atom stereocenters. The van der Waals surface area contributed by atoms with E-state index in [1.54, 1.807) is 4.90 Å². The molecule has 0 spiro atoms. The molecule has 7 heteroatoms. The first-order chi connectivity index (χ1) is 9.56. The van der Waals surface area contributed by atoms with Crippen LogP contribution in [0.3, 0.4) is 0 Å². The highest BCUT2D eigenvalue weighted by atomic mass is 35.5. The van der Waals surface area contributed by atoms with Gasteiger partial charge in [0.25, 0.3) is 11.6 Å². The van der Waals surface area contributed by atoms with Crippen molar-refractivity contribution in [2.75, 3.05) is 13.2 Å². The van der Waals surface area contributed by atoms with Crippen LogP contribution in [0.25, 0.3) is 0 Å². The van der Waals surface area contributed by atoms with Crippen molar-refractivity contribution in [3.63, 3.8) is 0 Å². The lowest BCUT2D eigenvalue weighted by Gasteiger charge is -2.37. The second kappa shape index (κ2) is 6.19. The van der Waals surface area contributed by atoms with Gasteiger partial charge in [-0.2, -0.15) is 0 Å². The van der Waals surface area contributed by atoms with Crippen molar-refractivity contribution in [1.82, 2.24) is 4.90 Å². The zero-order valence-corrected chi connectivity index (χ0v) is 11.5. The smallest absolute Gasteiger partial charge is 0.288 e. The van der Waals surface area contributed by atoms with Gasteiger partial charge in [0.15, 0.2) is 0 Å². The third-order valence-electron chi connectivity index (χ3n) is 3.52. The summed E-state index contributed by atoms with van der Waals surface area (Å²) >= 11 is 5.96. The molecule has 20 heavy (non-hydrogen) atoms. The summed E-state index contributed by atoms with van der Waals surface area (Å²) in [6, 6.07) is 4.26. The maximum Gasteiger partial charge on any atom is 0.288 e. The van der Waals surface area contributed by atoms with E-state index in [4.69, 9.17) is 16.7 Å². The highest BCUT2D eigenvalue weighted by Crippen LogP contribution is 2.31. The maximum atomic E-state index is 12.5. The number of hydrogen-bond acceptors (Lipinski definition) is 4. The summed E-state index contributed by atoms with van der Waals surface area (Å²) in [5.74, 6) is -0.363. The average molecular weight is 299 g/mol. The molecule has 0 heterocycles. The van der Waals surface area contributed by atoms with E-state index in [1.807, 2.05) is 0 Å². The predicted molar refractivity (Wildman–Crippen MR) is 73.9 cm³/mol. The minimum atomic E-state index is -0.612. The van der Waals surface area contributed by atoms with Crippen molar-refractivity contribution in [3.8, 4) is 0 Å². The third kappa shape index (κ3) is 2.76. The number of aliphatic hydroxyl groups excluding tert-OH is 1. The Morgan fingerprint density at radius 2 is 2.20 bits per heavy atom. The normalized spacial score (nSPS) is 14.7. The number of carbonyl (C=O) groups is 1. The van der Waals surface area contributed by atoms with E-state index in [0.29, 0.717) is 0 Å². The largest absolute Gasteiger partial charge is 0.395 e. The Bertz CT molecular complexity index is 531. The molecule has 1 aromatic carbocycles. The Labute approximate surface area is 121 Å². The molecule has 0 aromatic heterocycles. The van der Waals surface area contributed by atoms with Gasteiger partial charge < -0.3 is 10.0 Å². The Balaban J connectivity index is 2.31. The van der Waals surface area contributed by atoms with Gasteiger partial charge in [-0.1, -0.05) is 17.7 Å². The van der Waals surface area contributed by atoms with E-state index >= 15 is 0 Å². The number of rotatable bonds is 5. The number of hydrogen-bond donors (Lipinski definition) is 1. The van der Waals surface area contributed by atoms with Crippen molar-refractivity contribution < 1.29 is 14.8 Å². The van der Waals surface area contributed by atoms with E-state index in [0.717, 1.165) is 19.3 Å². The van der Waals surface area contributed by atoms with Gasteiger partial charge >= 0.3 is 0 Å². The third-order valence-corrected chi connectivity index (χ3v) is 3.92. The Morgan fingerprint density at radius 3 is 2.70 bits per heavy atom. The average Bonchev–Trinajstić information content (AvgIpc) is 2.35. The van der Waals surface area contributed by atoms with Crippen LogP contribution in [0, 0.1) is 10.1 Å². The lowest BCUT2D eigenvalue weighted by atomic mass is 9.91. The fraction of sp³-hybridized carbons (Fsp3) is 0.462. The number of benzene rings is 1. The van der Waals surface area contributed by atoms with E-state index in [2.05, 4.69) is 0 Å². The quantitative estimate of drug-likeness (QED) is 0.667. The van der Waals surface area contributed by atoms with Gasteiger partial charge in [-0.15, -0.1) is 0 Å². The summed E-state index contributed by atoms with van der Waals surface area (Å²) in [5.41, 5.74) is -0.170. The van der Waals surface area contributed by atoms with Gasteiger partial charge in [0.2, 0.25) is 0 Å². The Hall–Kier alpha value is -1.66. The molecule has 6 nitrogen and oxygen atoms in total. The van der Waals surface area contributed by atoms with Crippen LogP contribution in [0.5, 0.6) is 0 Å². The number of nitrogens with zero attached hydrogens (tertiary/aromatic N) is 2. The van der Waals surface area contributed by atoms with Crippen molar-refractivity contribution in [2.24, 2.45) is 0 Å². The first-order valence-electron chi connectivity index (χ1n) is 6.41. The van der Waals surface area contributed by atoms with Crippen molar-refractivity contribution in [2.45, 2.75) is 25.3 Å². The number of nitro groups is 1. The van der Waals surface area contributed by atoms with Crippen LogP contribution in [-0.2, 0) is 0 Å². The zero-order chi connectivity index (χ0) is 14.7. The number of amides is 1. The SMILES string of the molecule is O=C(c1cccc([N+](=O)[O-])c1Cl)N(CCO)C1CCC1. The molecule has 1 fully saturated rings. The van der Waals surface area contributed by atoms with Gasteiger partial charge in [-0.05, 0) is 25.3 Å². The van der Waals surface area contributed by atoms with Crippen LogP contribution in [0.15, 0.2) is 18.2 Å². The molecule has 108 valence electrons. The number of aliphatic hydroxyl groups is 1. The van der Waals surface area contributed by atoms with Gasteiger partial charge in [-0.3, -0.25) is 14.9 Å². The lowest BCUT2D eigenvalue weighted by Crippen LogP contribution is -2.45. The fourth-order valence-corrected chi connectivity index (χ4v) is 2.51. The lowest BCUT2D eigenvalue weighted by molar-refractivity contribution is -0.384. The Morgan fingerprint density at radius 1 is 1.50 bits per heavy atom. The molecule has 1 N–H and O–H groups in total. The van der Waals surface area contributed by atoms with Crippen LogP contribution in [0.2, 0.25) is 5.02 Å². The summed E-state index contributed by atoms with van der Waals surface area (Å²) in [7, 11) is 0.